The normalized spacial score (nSPS) is 34.7. The standard InChI is InChI=1S/C14H19NO3/c1-16-14-12-13(11(18-14)7-8-15-12)17-9-10-5-3-2-4-6-10/h2-6,11-15H,7-9H2,1H3/t11-,12+,13+,14-/m1/s1. The van der Waals surface area contributed by atoms with Gasteiger partial charge >= 0.3 is 0 Å². The van der Waals surface area contributed by atoms with E-state index in [0.29, 0.717) is 6.61 Å². The average molecular weight is 249 g/mol. The number of rotatable bonds is 4. The maximum atomic E-state index is 6.02. The molecule has 0 aliphatic carbocycles. The largest absolute Gasteiger partial charge is 0.369 e. The Morgan fingerprint density at radius 1 is 1.33 bits per heavy atom. The monoisotopic (exact) mass is 249 g/mol. The van der Waals surface area contributed by atoms with Crippen LogP contribution in [0.3, 0.4) is 0 Å². The zero-order valence-electron chi connectivity index (χ0n) is 10.5. The molecule has 4 atom stereocenters. The topological polar surface area (TPSA) is 39.7 Å². The lowest BCUT2D eigenvalue weighted by atomic mass is 10.0. The molecule has 2 fully saturated rings. The highest BCUT2D eigenvalue weighted by atomic mass is 16.7. The van der Waals surface area contributed by atoms with Crippen molar-refractivity contribution >= 4 is 0 Å². The van der Waals surface area contributed by atoms with E-state index < -0.39 is 0 Å². The summed E-state index contributed by atoms with van der Waals surface area (Å²) in [6.07, 6.45) is 1.04. The molecule has 0 spiro atoms. The molecule has 1 N–H and O–H groups in total. The third-order valence-corrected chi connectivity index (χ3v) is 3.65. The van der Waals surface area contributed by atoms with E-state index in [-0.39, 0.29) is 24.5 Å². The zero-order chi connectivity index (χ0) is 12.4. The molecule has 1 aromatic carbocycles. The van der Waals surface area contributed by atoms with E-state index in [9.17, 15) is 0 Å². The summed E-state index contributed by atoms with van der Waals surface area (Å²) in [7, 11) is 1.68. The van der Waals surface area contributed by atoms with Crippen LogP contribution in [0.25, 0.3) is 0 Å². The molecule has 3 rings (SSSR count). The summed E-state index contributed by atoms with van der Waals surface area (Å²) < 4.78 is 17.2. The van der Waals surface area contributed by atoms with Crippen molar-refractivity contribution in [2.45, 2.75) is 37.6 Å². The van der Waals surface area contributed by atoms with E-state index in [1.165, 1.54) is 5.56 Å². The second kappa shape index (κ2) is 5.36. The van der Waals surface area contributed by atoms with Crippen molar-refractivity contribution < 1.29 is 14.2 Å². The number of hydrogen-bond acceptors (Lipinski definition) is 4. The van der Waals surface area contributed by atoms with Crippen molar-refractivity contribution in [3.63, 3.8) is 0 Å². The van der Waals surface area contributed by atoms with E-state index in [1.807, 2.05) is 18.2 Å². The molecule has 1 aromatic rings. The zero-order valence-corrected chi connectivity index (χ0v) is 10.5. The predicted octanol–water partition coefficient (Wildman–Crippen LogP) is 1.30. The Balaban J connectivity index is 1.63. The number of ether oxygens (including phenoxy) is 3. The Kier molecular flexibility index (Phi) is 3.61. The summed E-state index contributed by atoms with van der Waals surface area (Å²) in [6.45, 7) is 1.60. The van der Waals surface area contributed by atoms with Crippen LogP contribution in [-0.2, 0) is 20.8 Å². The Labute approximate surface area is 107 Å². The molecule has 2 bridgehead atoms. The maximum absolute atomic E-state index is 6.02. The Morgan fingerprint density at radius 3 is 2.94 bits per heavy atom. The molecule has 4 nitrogen and oxygen atoms in total. The lowest BCUT2D eigenvalue weighted by Gasteiger charge is -2.29. The second-order valence-electron chi connectivity index (χ2n) is 4.81. The summed E-state index contributed by atoms with van der Waals surface area (Å²) >= 11 is 0. The van der Waals surface area contributed by atoms with Crippen molar-refractivity contribution in [3.05, 3.63) is 35.9 Å². The first-order chi connectivity index (χ1) is 8.88. The van der Waals surface area contributed by atoms with Crippen LogP contribution >= 0.6 is 0 Å². The van der Waals surface area contributed by atoms with Crippen LogP contribution in [0.5, 0.6) is 0 Å². The lowest BCUT2D eigenvalue weighted by Crippen LogP contribution is -2.51. The third-order valence-electron chi connectivity index (χ3n) is 3.65. The van der Waals surface area contributed by atoms with E-state index in [4.69, 9.17) is 14.2 Å². The molecule has 0 amide bonds. The number of piperidine rings is 1. The fourth-order valence-electron chi connectivity index (χ4n) is 2.74. The first-order valence-electron chi connectivity index (χ1n) is 6.45. The van der Waals surface area contributed by atoms with E-state index in [0.717, 1.165) is 13.0 Å². The van der Waals surface area contributed by atoms with E-state index >= 15 is 0 Å². The molecule has 2 aliphatic rings. The summed E-state index contributed by atoms with van der Waals surface area (Å²) in [5, 5.41) is 3.42. The van der Waals surface area contributed by atoms with Gasteiger partial charge in [-0.25, -0.2) is 0 Å². The molecular formula is C14H19NO3. The number of methoxy groups -OCH3 is 1. The number of benzene rings is 1. The van der Waals surface area contributed by atoms with Crippen molar-refractivity contribution in [2.24, 2.45) is 0 Å². The van der Waals surface area contributed by atoms with Gasteiger partial charge in [-0.15, -0.1) is 0 Å². The Morgan fingerprint density at radius 2 is 2.17 bits per heavy atom. The first kappa shape index (κ1) is 12.1. The summed E-state index contributed by atoms with van der Waals surface area (Å²) in [4.78, 5) is 0. The molecule has 2 saturated heterocycles. The average Bonchev–Trinajstić information content (AvgIpc) is 2.62. The number of nitrogens with one attached hydrogen (secondary N) is 1. The third kappa shape index (κ3) is 2.29. The van der Waals surface area contributed by atoms with Crippen LogP contribution in [0.1, 0.15) is 12.0 Å². The van der Waals surface area contributed by atoms with Crippen LogP contribution in [0.2, 0.25) is 0 Å². The molecule has 98 valence electrons. The van der Waals surface area contributed by atoms with Gasteiger partial charge in [-0.3, -0.25) is 0 Å². The molecule has 2 heterocycles. The molecule has 0 unspecified atom stereocenters. The van der Waals surface area contributed by atoms with Crippen molar-refractivity contribution in [1.82, 2.24) is 5.32 Å². The summed E-state index contributed by atoms with van der Waals surface area (Å²) in [6, 6.07) is 10.4. The van der Waals surface area contributed by atoms with Gasteiger partial charge in [-0.05, 0) is 18.5 Å². The molecule has 18 heavy (non-hydrogen) atoms. The van der Waals surface area contributed by atoms with Gasteiger partial charge in [0.25, 0.3) is 0 Å². The van der Waals surface area contributed by atoms with Gasteiger partial charge in [0, 0.05) is 7.11 Å². The van der Waals surface area contributed by atoms with Crippen LogP contribution in [0.15, 0.2) is 30.3 Å². The molecule has 0 radical (unpaired) electrons. The van der Waals surface area contributed by atoms with Gasteiger partial charge in [0.2, 0.25) is 0 Å². The van der Waals surface area contributed by atoms with Gasteiger partial charge in [0.15, 0.2) is 6.29 Å². The molecule has 4 heteroatoms. The minimum absolute atomic E-state index is 0.0870. The minimum atomic E-state index is -0.182. The van der Waals surface area contributed by atoms with Gasteiger partial charge in [0.05, 0.1) is 18.8 Å². The minimum Gasteiger partial charge on any atom is -0.369 e. The van der Waals surface area contributed by atoms with Gasteiger partial charge in [0.1, 0.15) is 6.10 Å². The number of fused-ring (bicyclic) bond motifs is 2. The SMILES string of the molecule is CO[C@@H]1O[C@@H]2CCN[C@H]1[C@H]2OCc1ccccc1. The maximum Gasteiger partial charge on any atom is 0.175 e. The quantitative estimate of drug-likeness (QED) is 0.873. The fourth-order valence-corrected chi connectivity index (χ4v) is 2.74. The molecule has 2 aliphatic heterocycles. The van der Waals surface area contributed by atoms with E-state index in [2.05, 4.69) is 17.4 Å². The summed E-state index contributed by atoms with van der Waals surface area (Å²) in [5.41, 5.74) is 1.19. The van der Waals surface area contributed by atoms with Crippen LogP contribution in [-0.4, -0.2) is 38.2 Å². The Hall–Kier alpha value is -0.940. The van der Waals surface area contributed by atoms with Crippen molar-refractivity contribution in [3.8, 4) is 0 Å². The summed E-state index contributed by atoms with van der Waals surface area (Å²) in [5.74, 6) is 0. The second-order valence-corrected chi connectivity index (χ2v) is 4.81. The van der Waals surface area contributed by atoms with Crippen molar-refractivity contribution in [2.75, 3.05) is 13.7 Å². The first-order valence-corrected chi connectivity index (χ1v) is 6.45. The smallest absolute Gasteiger partial charge is 0.175 e. The molecule has 0 aromatic heterocycles. The van der Waals surface area contributed by atoms with E-state index in [1.54, 1.807) is 7.11 Å². The van der Waals surface area contributed by atoms with Crippen molar-refractivity contribution in [1.29, 1.82) is 0 Å². The Bertz CT molecular complexity index is 384. The van der Waals surface area contributed by atoms with Crippen LogP contribution in [0.4, 0.5) is 0 Å². The highest BCUT2D eigenvalue weighted by Crippen LogP contribution is 2.30. The van der Waals surface area contributed by atoms with Gasteiger partial charge < -0.3 is 19.5 Å². The van der Waals surface area contributed by atoms with Crippen LogP contribution < -0.4 is 5.32 Å². The fraction of sp³-hybridized carbons (Fsp3) is 0.571. The lowest BCUT2D eigenvalue weighted by molar-refractivity contribution is -0.119. The highest BCUT2D eigenvalue weighted by molar-refractivity contribution is 5.13. The molecular weight excluding hydrogens is 230 g/mol. The predicted molar refractivity (Wildman–Crippen MR) is 67.1 cm³/mol. The highest BCUT2D eigenvalue weighted by Gasteiger charge is 2.47. The molecule has 0 saturated carbocycles. The van der Waals surface area contributed by atoms with Gasteiger partial charge in [-0.1, -0.05) is 30.3 Å². The van der Waals surface area contributed by atoms with Crippen LogP contribution in [0, 0.1) is 0 Å². The number of hydrogen-bond donors (Lipinski definition) is 1. The van der Waals surface area contributed by atoms with Gasteiger partial charge in [-0.2, -0.15) is 0 Å².